The fourth-order valence-corrected chi connectivity index (χ4v) is 5.00. The number of aromatic nitrogens is 2. The number of rotatable bonds is 4. The Kier molecular flexibility index (Phi) is 6.82. The highest BCUT2D eigenvalue weighted by atomic mass is 79.9. The first kappa shape index (κ1) is 27.0. The molecular weight excluding hydrogens is 570 g/mol. The van der Waals surface area contributed by atoms with Crippen LogP contribution in [-0.4, -0.2) is 64.1 Å². The van der Waals surface area contributed by atoms with Crippen LogP contribution in [0.25, 0.3) is 22.3 Å². The predicted octanol–water partition coefficient (Wildman–Crippen LogP) is 5.50. The fourth-order valence-electron chi connectivity index (χ4n) is 4.60. The van der Waals surface area contributed by atoms with E-state index in [1.165, 1.54) is 12.0 Å². The van der Waals surface area contributed by atoms with E-state index in [0.717, 1.165) is 10.0 Å². The lowest BCUT2D eigenvalue weighted by Crippen LogP contribution is -2.44. The Hall–Kier alpha value is -3.60. The summed E-state index contributed by atoms with van der Waals surface area (Å²) in [6, 6.07) is 10.3. The molecule has 2 aromatic carbocycles. The molecule has 0 saturated carbocycles. The predicted molar refractivity (Wildman–Crippen MR) is 146 cm³/mol. The van der Waals surface area contributed by atoms with Gasteiger partial charge in [-0.05, 0) is 45.0 Å². The third-order valence-corrected chi connectivity index (χ3v) is 6.66. The Morgan fingerprint density at radius 1 is 1.13 bits per heavy atom. The molecule has 206 valence electrons. The van der Waals surface area contributed by atoms with E-state index in [9.17, 15) is 9.59 Å². The van der Waals surface area contributed by atoms with Gasteiger partial charge < -0.3 is 23.7 Å². The van der Waals surface area contributed by atoms with Gasteiger partial charge in [0.2, 0.25) is 11.7 Å². The molecule has 0 aliphatic carbocycles. The highest BCUT2D eigenvalue weighted by Gasteiger charge is 2.44. The maximum Gasteiger partial charge on any atom is 0.411 e. The molecule has 1 fully saturated rings. The molecule has 0 spiro atoms. The number of esters is 1. The van der Waals surface area contributed by atoms with Crippen molar-refractivity contribution in [1.82, 2.24) is 14.9 Å². The Bertz CT molecular complexity index is 1450. The number of fused-ring (bicyclic) bond motifs is 3. The summed E-state index contributed by atoms with van der Waals surface area (Å²) in [6.07, 6.45) is -0.970. The van der Waals surface area contributed by atoms with Gasteiger partial charge in [-0.3, -0.25) is 4.90 Å². The van der Waals surface area contributed by atoms with Crippen molar-refractivity contribution < 1.29 is 33.3 Å². The molecule has 1 saturated heterocycles. The Balaban J connectivity index is 1.54. The summed E-state index contributed by atoms with van der Waals surface area (Å²) in [7, 11) is 1.29. The van der Waals surface area contributed by atoms with Gasteiger partial charge in [-0.1, -0.05) is 28.1 Å². The first-order valence-corrected chi connectivity index (χ1v) is 13.4. The van der Waals surface area contributed by atoms with Crippen LogP contribution in [-0.2, 0) is 14.3 Å². The molecule has 10 nitrogen and oxygen atoms in total. The van der Waals surface area contributed by atoms with Crippen LogP contribution in [0.5, 0.6) is 17.4 Å². The summed E-state index contributed by atoms with van der Waals surface area (Å²) in [4.78, 5) is 36.6. The summed E-state index contributed by atoms with van der Waals surface area (Å²) < 4.78 is 29.7. The summed E-state index contributed by atoms with van der Waals surface area (Å²) in [5.41, 5.74) is 1.60. The van der Waals surface area contributed by atoms with Gasteiger partial charge in [-0.2, -0.15) is 0 Å². The van der Waals surface area contributed by atoms with Crippen LogP contribution in [0, 0.1) is 0 Å². The van der Waals surface area contributed by atoms with E-state index in [-0.39, 0.29) is 18.8 Å². The number of carbonyl (C=O) groups is 2. The van der Waals surface area contributed by atoms with Crippen molar-refractivity contribution in [3.8, 4) is 28.6 Å². The zero-order valence-corrected chi connectivity index (χ0v) is 24.2. The molecule has 2 aliphatic rings. The van der Waals surface area contributed by atoms with Gasteiger partial charge in [0.25, 0.3) is 0 Å². The first-order chi connectivity index (χ1) is 18.3. The van der Waals surface area contributed by atoms with E-state index in [4.69, 9.17) is 33.7 Å². The third kappa shape index (κ3) is 5.59. The van der Waals surface area contributed by atoms with Gasteiger partial charge in [-0.15, -0.1) is 0 Å². The van der Waals surface area contributed by atoms with Crippen LogP contribution in [0.1, 0.15) is 41.0 Å². The van der Waals surface area contributed by atoms with Gasteiger partial charge >= 0.3 is 12.1 Å². The number of ether oxygens (including phenoxy) is 5. The lowest BCUT2D eigenvalue weighted by atomic mass is 10.1. The SMILES string of the molecule is COC(=O)[C@@H]1C[C@@H](Oc2nc3ccc4c(c3nc2-c2cccc(Br)c2)OC(C)(C)O4)CN1C(=O)OC(C)(C)C. The van der Waals surface area contributed by atoms with Crippen LogP contribution in [0.4, 0.5) is 4.79 Å². The highest BCUT2D eigenvalue weighted by molar-refractivity contribution is 9.10. The lowest BCUT2D eigenvalue weighted by Gasteiger charge is -2.27. The molecule has 0 bridgehead atoms. The van der Waals surface area contributed by atoms with Crippen molar-refractivity contribution in [2.24, 2.45) is 0 Å². The first-order valence-electron chi connectivity index (χ1n) is 12.6. The third-order valence-electron chi connectivity index (χ3n) is 6.17. The van der Waals surface area contributed by atoms with Gasteiger partial charge in [0, 0.05) is 30.3 Å². The number of benzene rings is 2. The van der Waals surface area contributed by atoms with Crippen molar-refractivity contribution in [3.63, 3.8) is 0 Å². The van der Waals surface area contributed by atoms with E-state index >= 15 is 0 Å². The van der Waals surface area contributed by atoms with Crippen molar-refractivity contribution in [2.75, 3.05) is 13.7 Å². The average molecular weight is 600 g/mol. The molecule has 3 heterocycles. The van der Waals surface area contributed by atoms with E-state index in [0.29, 0.717) is 28.2 Å². The standard InChI is InChI=1S/C28H30BrN3O7/c1-27(2,3)39-26(34)32-14-17(13-19(32)25(33)35-6)36-24-21(15-8-7-9-16(29)12-15)31-22-18(30-24)10-11-20-23(22)38-28(4,5)37-20/h7-12,17,19H,13-14H2,1-6H3/t17-,19+/m1/s1. The minimum atomic E-state index is -0.853. The minimum Gasteiger partial charge on any atom is -0.471 e. The molecule has 0 N–H and O–H groups in total. The number of hydrogen-bond donors (Lipinski definition) is 0. The number of nitrogens with zero attached hydrogens (tertiary/aromatic N) is 3. The van der Waals surface area contributed by atoms with Crippen LogP contribution in [0.2, 0.25) is 0 Å². The van der Waals surface area contributed by atoms with Gasteiger partial charge in [0.15, 0.2) is 11.5 Å². The summed E-state index contributed by atoms with van der Waals surface area (Å²) in [5.74, 6) is -0.0188. The number of hydrogen-bond acceptors (Lipinski definition) is 9. The second kappa shape index (κ2) is 9.86. The number of methoxy groups -OCH3 is 1. The average Bonchev–Trinajstić information content (AvgIpc) is 3.41. The second-order valence-corrected chi connectivity index (χ2v) is 11.8. The molecule has 0 radical (unpaired) electrons. The molecule has 1 amide bonds. The van der Waals surface area contributed by atoms with Gasteiger partial charge in [0.1, 0.15) is 29.0 Å². The molecule has 11 heteroatoms. The Labute approximate surface area is 234 Å². The topological polar surface area (TPSA) is 109 Å². The maximum absolute atomic E-state index is 12.9. The monoisotopic (exact) mass is 599 g/mol. The van der Waals surface area contributed by atoms with Crippen molar-refractivity contribution in [2.45, 2.75) is 64.6 Å². The number of carbonyl (C=O) groups excluding carboxylic acids is 2. The number of likely N-dealkylation sites (tertiary alicyclic amines) is 1. The van der Waals surface area contributed by atoms with Crippen molar-refractivity contribution in [3.05, 3.63) is 40.9 Å². The molecule has 2 aliphatic heterocycles. The normalized spacial score (nSPS) is 19.7. The van der Waals surface area contributed by atoms with E-state index < -0.39 is 35.6 Å². The fraction of sp³-hybridized carbons (Fsp3) is 0.429. The van der Waals surface area contributed by atoms with Gasteiger partial charge in [0.05, 0.1) is 19.2 Å². The lowest BCUT2D eigenvalue weighted by molar-refractivity contribution is -0.145. The molecular formula is C28H30BrN3O7. The maximum atomic E-state index is 12.9. The smallest absolute Gasteiger partial charge is 0.411 e. The summed E-state index contributed by atoms with van der Waals surface area (Å²) >= 11 is 3.52. The zero-order valence-electron chi connectivity index (χ0n) is 22.6. The van der Waals surface area contributed by atoms with Crippen LogP contribution >= 0.6 is 15.9 Å². The van der Waals surface area contributed by atoms with Crippen LogP contribution in [0.15, 0.2) is 40.9 Å². The van der Waals surface area contributed by atoms with E-state index in [1.807, 2.05) is 38.1 Å². The molecule has 0 unspecified atom stereocenters. The van der Waals surface area contributed by atoms with Crippen molar-refractivity contribution in [1.29, 1.82) is 0 Å². The quantitative estimate of drug-likeness (QED) is 0.359. The second-order valence-electron chi connectivity index (χ2n) is 10.9. The highest BCUT2D eigenvalue weighted by Crippen LogP contribution is 2.45. The number of halogens is 1. The van der Waals surface area contributed by atoms with Crippen molar-refractivity contribution >= 4 is 39.0 Å². The summed E-state index contributed by atoms with van der Waals surface area (Å²) in [6.45, 7) is 9.07. The Morgan fingerprint density at radius 2 is 1.90 bits per heavy atom. The van der Waals surface area contributed by atoms with Crippen LogP contribution < -0.4 is 14.2 Å². The molecule has 39 heavy (non-hydrogen) atoms. The van der Waals surface area contributed by atoms with E-state index in [1.54, 1.807) is 32.9 Å². The molecule has 5 rings (SSSR count). The number of amides is 1. The minimum absolute atomic E-state index is 0.113. The zero-order chi connectivity index (χ0) is 28.1. The molecule has 1 aromatic heterocycles. The van der Waals surface area contributed by atoms with E-state index in [2.05, 4.69) is 15.9 Å². The molecule has 2 atom stereocenters. The Morgan fingerprint density at radius 3 is 2.59 bits per heavy atom. The molecule has 3 aromatic rings. The van der Waals surface area contributed by atoms with Gasteiger partial charge in [-0.25, -0.2) is 19.6 Å². The van der Waals surface area contributed by atoms with Crippen LogP contribution in [0.3, 0.4) is 0 Å². The summed E-state index contributed by atoms with van der Waals surface area (Å²) in [5, 5.41) is 0. The largest absolute Gasteiger partial charge is 0.471 e.